The number of hydrogen-bond donors (Lipinski definition) is 4. The van der Waals surface area contributed by atoms with Gasteiger partial charge in [-0.3, -0.25) is 14.4 Å². The Morgan fingerprint density at radius 3 is 2.07 bits per heavy atom. The fraction of sp³-hybridized carbons (Fsp3) is 0.474. The van der Waals surface area contributed by atoms with E-state index in [1.54, 1.807) is 26.0 Å². The van der Waals surface area contributed by atoms with Crippen molar-refractivity contribution in [1.82, 2.24) is 16.0 Å². The number of rotatable bonds is 9. The minimum atomic E-state index is -0.885. The highest BCUT2D eigenvalue weighted by Gasteiger charge is 2.29. The molecule has 3 atom stereocenters. The van der Waals surface area contributed by atoms with Crippen LogP contribution in [0, 0.1) is 5.92 Å². The van der Waals surface area contributed by atoms with Gasteiger partial charge in [0.2, 0.25) is 17.7 Å². The Balaban J connectivity index is 2.91. The smallest absolute Gasteiger partial charge is 0.243 e. The second-order valence-electron chi connectivity index (χ2n) is 6.79. The van der Waals surface area contributed by atoms with Crippen LogP contribution in [0.4, 0.5) is 0 Å². The first kappa shape index (κ1) is 22.1. The number of carbonyl (C=O) groups is 4. The number of amides is 3. The molecular weight excluding hydrogens is 350 g/mol. The molecule has 0 saturated heterocycles. The SMILES string of the molecule is CC(=O)N[C@@H](Cc1ccc(O)cc1)C(=O)N[C@H](C(=O)N[C@@H](C)C=O)C(C)C. The van der Waals surface area contributed by atoms with Crippen LogP contribution in [0.1, 0.15) is 33.3 Å². The van der Waals surface area contributed by atoms with Gasteiger partial charge in [0.25, 0.3) is 0 Å². The number of phenols is 1. The third-order valence-electron chi connectivity index (χ3n) is 3.89. The number of benzene rings is 1. The van der Waals surface area contributed by atoms with Crippen LogP contribution in [0.2, 0.25) is 0 Å². The summed E-state index contributed by atoms with van der Waals surface area (Å²) in [6, 6.07) is 3.87. The van der Waals surface area contributed by atoms with Gasteiger partial charge >= 0.3 is 0 Å². The number of nitrogens with one attached hydrogen (secondary N) is 3. The van der Waals surface area contributed by atoms with Crippen LogP contribution < -0.4 is 16.0 Å². The molecule has 3 amide bonds. The maximum absolute atomic E-state index is 12.7. The van der Waals surface area contributed by atoms with Crippen LogP contribution in [-0.2, 0) is 25.6 Å². The van der Waals surface area contributed by atoms with Crippen molar-refractivity contribution < 1.29 is 24.3 Å². The first-order valence-corrected chi connectivity index (χ1v) is 8.75. The fourth-order valence-corrected chi connectivity index (χ4v) is 2.46. The molecule has 0 bridgehead atoms. The van der Waals surface area contributed by atoms with E-state index in [0.717, 1.165) is 5.56 Å². The van der Waals surface area contributed by atoms with Gasteiger partial charge in [-0.1, -0.05) is 26.0 Å². The molecule has 0 unspecified atom stereocenters. The highest BCUT2D eigenvalue weighted by atomic mass is 16.3. The highest BCUT2D eigenvalue weighted by Crippen LogP contribution is 2.12. The molecule has 0 aliphatic rings. The zero-order valence-electron chi connectivity index (χ0n) is 16.0. The van der Waals surface area contributed by atoms with Crippen LogP contribution in [0.3, 0.4) is 0 Å². The standard InChI is InChI=1S/C19H27N3O5/c1-11(2)17(19(27)20-12(3)10-23)22-18(26)16(21-13(4)24)9-14-5-7-15(25)8-6-14/h5-8,10-12,16-17,25H,9H2,1-4H3,(H,20,27)(H,21,24)(H,22,26)/t12-,16-,17-/m0/s1. The normalized spacial score (nSPS) is 14.0. The van der Waals surface area contributed by atoms with Gasteiger partial charge < -0.3 is 25.9 Å². The number of carbonyl (C=O) groups excluding carboxylic acids is 4. The van der Waals surface area contributed by atoms with Crippen LogP contribution in [0.25, 0.3) is 0 Å². The van der Waals surface area contributed by atoms with Gasteiger partial charge in [-0.25, -0.2) is 0 Å². The third-order valence-corrected chi connectivity index (χ3v) is 3.89. The lowest BCUT2D eigenvalue weighted by Gasteiger charge is -2.25. The first-order chi connectivity index (χ1) is 12.6. The summed E-state index contributed by atoms with van der Waals surface area (Å²) < 4.78 is 0. The summed E-state index contributed by atoms with van der Waals surface area (Å²) in [5.41, 5.74) is 0.738. The molecule has 0 aromatic heterocycles. The molecule has 0 saturated carbocycles. The molecule has 0 fully saturated rings. The molecule has 8 heteroatoms. The van der Waals surface area contributed by atoms with Crippen molar-refractivity contribution in [2.24, 2.45) is 5.92 Å². The predicted octanol–water partition coefficient (Wildman–Crippen LogP) is 0.284. The van der Waals surface area contributed by atoms with E-state index >= 15 is 0 Å². The molecule has 27 heavy (non-hydrogen) atoms. The van der Waals surface area contributed by atoms with E-state index in [4.69, 9.17) is 0 Å². The Bertz CT molecular complexity index is 672. The van der Waals surface area contributed by atoms with Gasteiger partial charge in [-0.05, 0) is 30.5 Å². The van der Waals surface area contributed by atoms with Gasteiger partial charge in [0.15, 0.2) is 0 Å². The van der Waals surface area contributed by atoms with E-state index < -0.39 is 29.9 Å². The van der Waals surface area contributed by atoms with E-state index in [1.165, 1.54) is 26.0 Å². The van der Waals surface area contributed by atoms with Gasteiger partial charge in [0, 0.05) is 13.3 Å². The molecule has 0 heterocycles. The quantitative estimate of drug-likeness (QED) is 0.460. The molecule has 0 spiro atoms. The molecular formula is C19H27N3O5. The zero-order valence-corrected chi connectivity index (χ0v) is 16.0. The van der Waals surface area contributed by atoms with Crippen molar-refractivity contribution in [3.8, 4) is 5.75 Å². The molecule has 4 N–H and O–H groups in total. The van der Waals surface area contributed by atoms with E-state index in [9.17, 15) is 24.3 Å². The summed E-state index contributed by atoms with van der Waals surface area (Å²) in [4.78, 5) is 47.3. The van der Waals surface area contributed by atoms with Gasteiger partial charge in [0.1, 0.15) is 24.1 Å². The summed E-state index contributed by atoms with van der Waals surface area (Å²) in [7, 11) is 0. The maximum Gasteiger partial charge on any atom is 0.243 e. The van der Waals surface area contributed by atoms with Crippen molar-refractivity contribution in [3.05, 3.63) is 29.8 Å². The molecule has 0 radical (unpaired) electrons. The molecule has 8 nitrogen and oxygen atoms in total. The van der Waals surface area contributed by atoms with E-state index in [1.807, 2.05) is 0 Å². The Labute approximate surface area is 158 Å². The number of aromatic hydroxyl groups is 1. The molecule has 1 aromatic rings. The lowest BCUT2D eigenvalue weighted by molar-refractivity contribution is -0.133. The van der Waals surface area contributed by atoms with Crippen molar-refractivity contribution in [1.29, 1.82) is 0 Å². The average Bonchev–Trinajstić information content (AvgIpc) is 2.59. The fourth-order valence-electron chi connectivity index (χ4n) is 2.46. The molecule has 0 aliphatic heterocycles. The molecule has 0 aliphatic carbocycles. The number of hydrogen-bond acceptors (Lipinski definition) is 5. The largest absolute Gasteiger partial charge is 0.508 e. The zero-order chi connectivity index (χ0) is 20.6. The number of phenolic OH excluding ortho intramolecular Hbond substituents is 1. The predicted molar refractivity (Wildman–Crippen MR) is 99.9 cm³/mol. The topological polar surface area (TPSA) is 125 Å². The van der Waals surface area contributed by atoms with E-state index in [0.29, 0.717) is 6.29 Å². The van der Waals surface area contributed by atoms with Crippen LogP contribution >= 0.6 is 0 Å². The summed E-state index contributed by atoms with van der Waals surface area (Å²) in [5, 5.41) is 17.1. The highest BCUT2D eigenvalue weighted by molar-refractivity contribution is 5.92. The van der Waals surface area contributed by atoms with Gasteiger partial charge in [-0.15, -0.1) is 0 Å². The van der Waals surface area contributed by atoms with Crippen LogP contribution in [-0.4, -0.2) is 47.2 Å². The van der Waals surface area contributed by atoms with Crippen molar-refractivity contribution in [2.75, 3.05) is 0 Å². The lowest BCUT2D eigenvalue weighted by atomic mass is 10.0. The van der Waals surface area contributed by atoms with Crippen molar-refractivity contribution in [2.45, 2.75) is 52.2 Å². The summed E-state index contributed by atoms with van der Waals surface area (Å²) in [6.45, 7) is 6.37. The Kier molecular flexibility index (Phi) is 8.44. The summed E-state index contributed by atoms with van der Waals surface area (Å²) in [5.74, 6) is -1.48. The van der Waals surface area contributed by atoms with Crippen LogP contribution in [0.5, 0.6) is 5.75 Å². The summed E-state index contributed by atoms with van der Waals surface area (Å²) in [6.07, 6.45) is 0.797. The molecule has 148 valence electrons. The Morgan fingerprint density at radius 2 is 1.59 bits per heavy atom. The van der Waals surface area contributed by atoms with Crippen molar-refractivity contribution >= 4 is 24.0 Å². The minimum Gasteiger partial charge on any atom is -0.508 e. The summed E-state index contributed by atoms with van der Waals surface area (Å²) >= 11 is 0. The maximum atomic E-state index is 12.7. The van der Waals surface area contributed by atoms with E-state index in [-0.39, 0.29) is 24.0 Å². The molecule has 1 aromatic carbocycles. The molecule has 1 rings (SSSR count). The average molecular weight is 377 g/mol. The monoisotopic (exact) mass is 377 g/mol. The number of aldehydes is 1. The van der Waals surface area contributed by atoms with Crippen LogP contribution in [0.15, 0.2) is 24.3 Å². The van der Waals surface area contributed by atoms with Gasteiger partial charge in [0.05, 0.1) is 6.04 Å². The second-order valence-corrected chi connectivity index (χ2v) is 6.79. The van der Waals surface area contributed by atoms with Gasteiger partial charge in [-0.2, -0.15) is 0 Å². The Hall–Kier alpha value is -2.90. The first-order valence-electron chi connectivity index (χ1n) is 8.75. The second kappa shape index (κ2) is 10.3. The van der Waals surface area contributed by atoms with E-state index in [2.05, 4.69) is 16.0 Å². The minimum absolute atomic E-state index is 0.0973. The third kappa shape index (κ3) is 7.47. The Morgan fingerprint density at radius 1 is 1.00 bits per heavy atom. The lowest BCUT2D eigenvalue weighted by Crippen LogP contribution is -2.56. The van der Waals surface area contributed by atoms with Crippen molar-refractivity contribution in [3.63, 3.8) is 0 Å².